The zero-order chi connectivity index (χ0) is 28.5. The minimum absolute atomic E-state index is 0.183. The normalized spacial score (nSPS) is 11.0. The molecule has 216 valence electrons. The van der Waals surface area contributed by atoms with Crippen molar-refractivity contribution in [3.8, 4) is 0 Å². The van der Waals surface area contributed by atoms with Gasteiger partial charge in [0.2, 0.25) is 0 Å². The molecule has 15 heteroatoms. The van der Waals surface area contributed by atoms with Crippen molar-refractivity contribution in [2.45, 2.75) is 58.0 Å². The first-order valence-corrected chi connectivity index (χ1v) is 16.0. The van der Waals surface area contributed by atoms with Crippen LogP contribution in [-0.2, 0) is 48.2 Å². The summed E-state index contributed by atoms with van der Waals surface area (Å²) in [6, 6.07) is 0. The number of rotatable bonds is 19. The van der Waals surface area contributed by atoms with Crippen LogP contribution in [0.1, 0.15) is 33.1 Å². The molecule has 1 aromatic rings. The van der Waals surface area contributed by atoms with Gasteiger partial charge in [0.15, 0.2) is 0 Å². The quantitative estimate of drug-likeness (QED) is 0.165. The van der Waals surface area contributed by atoms with Crippen LogP contribution in [0.4, 0.5) is 0 Å². The Kier molecular flexibility index (Phi) is 17.0. The molecule has 1 heterocycles. The lowest BCUT2D eigenvalue weighted by Gasteiger charge is -2.14. The number of nitrogens with zero attached hydrogens (tertiary/aromatic N) is 3. The van der Waals surface area contributed by atoms with E-state index in [2.05, 4.69) is 0 Å². The van der Waals surface area contributed by atoms with Gasteiger partial charge in [-0.15, -0.1) is 0 Å². The number of carbonyl (C=O) groups excluding carboxylic acids is 3. The lowest BCUT2D eigenvalue weighted by atomic mass is 10.5. The SMILES string of the molecule is CSCCC(=O)OCCn1c(=O)n(CCOC(=O)CCSC)c(=O)n(CCOC(=O)CCSC(C)C)c1=O. The molecule has 0 N–H and O–H groups in total. The summed E-state index contributed by atoms with van der Waals surface area (Å²) < 4.78 is 17.7. The van der Waals surface area contributed by atoms with Gasteiger partial charge >= 0.3 is 35.0 Å². The van der Waals surface area contributed by atoms with Crippen molar-refractivity contribution in [2.75, 3.05) is 49.6 Å². The third-order valence-corrected chi connectivity index (χ3v) is 7.23. The van der Waals surface area contributed by atoms with Crippen molar-refractivity contribution >= 4 is 53.2 Å². The molecule has 0 bridgehead atoms. The highest BCUT2D eigenvalue weighted by Gasteiger charge is 2.17. The van der Waals surface area contributed by atoms with Crippen molar-refractivity contribution < 1.29 is 28.6 Å². The average molecular weight is 596 g/mol. The van der Waals surface area contributed by atoms with E-state index in [1.54, 1.807) is 11.8 Å². The van der Waals surface area contributed by atoms with Crippen LogP contribution in [0.15, 0.2) is 14.4 Å². The Hall–Kier alpha value is -2.13. The lowest BCUT2D eigenvalue weighted by Crippen LogP contribution is -2.55. The van der Waals surface area contributed by atoms with Crippen LogP contribution in [0.5, 0.6) is 0 Å². The highest BCUT2D eigenvalue weighted by Crippen LogP contribution is 2.10. The van der Waals surface area contributed by atoms with Gasteiger partial charge < -0.3 is 14.2 Å². The Morgan fingerprint density at radius 1 is 0.632 bits per heavy atom. The van der Waals surface area contributed by atoms with E-state index in [9.17, 15) is 28.8 Å². The molecule has 0 spiro atoms. The molecule has 12 nitrogen and oxygen atoms in total. The van der Waals surface area contributed by atoms with E-state index in [0.717, 1.165) is 13.7 Å². The Morgan fingerprint density at radius 3 is 1.24 bits per heavy atom. The van der Waals surface area contributed by atoms with Crippen LogP contribution in [-0.4, -0.2) is 86.4 Å². The Morgan fingerprint density at radius 2 is 0.947 bits per heavy atom. The van der Waals surface area contributed by atoms with Crippen molar-refractivity contribution in [3.05, 3.63) is 31.5 Å². The molecule has 1 aromatic heterocycles. The molecule has 0 aromatic carbocycles. The molecule has 0 aliphatic rings. The number of thioether (sulfide) groups is 3. The molecule has 0 saturated heterocycles. The van der Waals surface area contributed by atoms with Gasteiger partial charge in [0, 0.05) is 17.3 Å². The summed E-state index contributed by atoms with van der Waals surface area (Å²) in [6.45, 7) is 2.47. The predicted molar refractivity (Wildman–Crippen MR) is 150 cm³/mol. The molecule has 38 heavy (non-hydrogen) atoms. The summed E-state index contributed by atoms with van der Waals surface area (Å²) >= 11 is 4.56. The molecular weight excluding hydrogens is 558 g/mol. The van der Waals surface area contributed by atoms with Crippen LogP contribution in [0, 0.1) is 0 Å². The number of carbonyl (C=O) groups is 3. The maximum absolute atomic E-state index is 13.0. The number of hydrogen-bond acceptors (Lipinski definition) is 12. The standard InChI is InChI=1S/C23H37N3O9S3/c1-17(2)38-16-7-20(29)35-13-10-26-22(31)24(8-11-33-18(27)5-14-36-3)21(30)25(23(26)32)9-12-34-19(28)6-15-37-4/h17H,5-16H2,1-4H3. The fourth-order valence-electron chi connectivity index (χ4n) is 2.97. The van der Waals surface area contributed by atoms with E-state index in [1.165, 1.54) is 23.5 Å². The molecular formula is C23H37N3O9S3. The third-order valence-electron chi connectivity index (χ3n) is 4.90. The molecule has 0 atom stereocenters. The van der Waals surface area contributed by atoms with E-state index in [0.29, 0.717) is 22.5 Å². The maximum Gasteiger partial charge on any atom is 0.336 e. The summed E-state index contributed by atoms with van der Waals surface area (Å²) in [7, 11) is 0. The van der Waals surface area contributed by atoms with Crippen molar-refractivity contribution in [1.29, 1.82) is 0 Å². The van der Waals surface area contributed by atoms with Crippen LogP contribution in [0.2, 0.25) is 0 Å². The first-order valence-electron chi connectivity index (χ1n) is 12.1. The number of hydrogen-bond donors (Lipinski definition) is 0. The third kappa shape index (κ3) is 12.6. The van der Waals surface area contributed by atoms with E-state index >= 15 is 0 Å². The zero-order valence-electron chi connectivity index (χ0n) is 22.3. The summed E-state index contributed by atoms with van der Waals surface area (Å²) in [5.41, 5.74) is -2.75. The van der Waals surface area contributed by atoms with E-state index in [1.807, 2.05) is 26.4 Å². The first kappa shape index (κ1) is 33.9. The molecule has 0 radical (unpaired) electrons. The fraction of sp³-hybridized carbons (Fsp3) is 0.739. The van der Waals surface area contributed by atoms with E-state index in [4.69, 9.17) is 14.2 Å². The van der Waals surface area contributed by atoms with Crippen molar-refractivity contribution in [1.82, 2.24) is 13.7 Å². The van der Waals surface area contributed by atoms with Gasteiger partial charge in [-0.05, 0) is 17.8 Å². The van der Waals surface area contributed by atoms with Gasteiger partial charge in [-0.25, -0.2) is 28.1 Å². The molecule has 0 amide bonds. The van der Waals surface area contributed by atoms with Crippen LogP contribution >= 0.6 is 35.3 Å². The van der Waals surface area contributed by atoms with Crippen LogP contribution < -0.4 is 17.1 Å². The fourth-order valence-corrected chi connectivity index (χ4v) is 4.47. The minimum Gasteiger partial charge on any atom is -0.464 e. The summed E-state index contributed by atoms with van der Waals surface area (Å²) in [5.74, 6) is 0.317. The van der Waals surface area contributed by atoms with Crippen molar-refractivity contribution in [2.24, 2.45) is 0 Å². The molecule has 0 aliphatic carbocycles. The molecule has 0 saturated carbocycles. The smallest absolute Gasteiger partial charge is 0.336 e. The largest absolute Gasteiger partial charge is 0.464 e. The van der Waals surface area contributed by atoms with Gasteiger partial charge in [-0.2, -0.15) is 35.3 Å². The predicted octanol–water partition coefficient (Wildman–Crippen LogP) is 0.839. The second-order valence-corrected chi connectivity index (χ2v) is 11.8. The van der Waals surface area contributed by atoms with E-state index < -0.39 is 35.0 Å². The highest BCUT2D eigenvalue weighted by atomic mass is 32.2. The first-order chi connectivity index (χ1) is 18.1. The number of ether oxygens (including phenoxy) is 3. The van der Waals surface area contributed by atoms with Crippen molar-refractivity contribution in [3.63, 3.8) is 0 Å². The Labute approximate surface area is 234 Å². The zero-order valence-corrected chi connectivity index (χ0v) is 24.8. The second-order valence-electron chi connectivity index (χ2n) is 8.12. The molecule has 0 fully saturated rings. The lowest BCUT2D eigenvalue weighted by molar-refractivity contribution is -0.144. The van der Waals surface area contributed by atoms with Gasteiger partial charge in [-0.1, -0.05) is 13.8 Å². The van der Waals surface area contributed by atoms with Gasteiger partial charge in [0.1, 0.15) is 19.8 Å². The summed E-state index contributed by atoms with van der Waals surface area (Å²) in [6.07, 6.45) is 4.25. The monoisotopic (exact) mass is 595 g/mol. The Bertz CT molecular complexity index is 1020. The average Bonchev–Trinajstić information content (AvgIpc) is 2.87. The maximum atomic E-state index is 13.0. The number of aromatic nitrogens is 3. The molecule has 0 aliphatic heterocycles. The Balaban J connectivity index is 3.03. The molecule has 1 rings (SSSR count). The van der Waals surface area contributed by atoms with Gasteiger partial charge in [0.25, 0.3) is 0 Å². The van der Waals surface area contributed by atoms with Crippen LogP contribution in [0.3, 0.4) is 0 Å². The van der Waals surface area contributed by atoms with Crippen LogP contribution in [0.25, 0.3) is 0 Å². The number of esters is 3. The minimum atomic E-state index is -0.917. The van der Waals surface area contributed by atoms with E-state index in [-0.39, 0.29) is 58.7 Å². The van der Waals surface area contributed by atoms with Gasteiger partial charge in [0.05, 0.1) is 38.9 Å². The highest BCUT2D eigenvalue weighted by molar-refractivity contribution is 7.99. The summed E-state index contributed by atoms with van der Waals surface area (Å²) in [4.78, 5) is 74.4. The topological polar surface area (TPSA) is 145 Å². The second kappa shape index (κ2) is 19.0. The molecule has 0 unspecified atom stereocenters. The summed E-state index contributed by atoms with van der Waals surface area (Å²) in [5, 5.41) is 0.371. The van der Waals surface area contributed by atoms with Gasteiger partial charge in [-0.3, -0.25) is 14.4 Å².